The number of hydrogen-bond acceptors (Lipinski definition) is 1. The monoisotopic (exact) mass is 152 g/mol. The number of allylic oxidation sites excluding steroid dienone is 1. The van der Waals surface area contributed by atoms with Gasteiger partial charge in [0.25, 0.3) is 0 Å². The second-order valence-corrected chi connectivity index (χ2v) is 3.53. The van der Waals surface area contributed by atoms with Gasteiger partial charge in [0.15, 0.2) is 0 Å². The lowest BCUT2D eigenvalue weighted by Crippen LogP contribution is -2.37. The molecule has 0 bridgehead atoms. The fourth-order valence-electron chi connectivity index (χ4n) is 2.17. The summed E-state index contributed by atoms with van der Waals surface area (Å²) < 4.78 is 0. The van der Waals surface area contributed by atoms with Crippen molar-refractivity contribution in [2.45, 2.75) is 19.3 Å². The molecule has 0 spiro atoms. The van der Waals surface area contributed by atoms with E-state index in [9.17, 15) is 4.79 Å². The molecular formula is C9H12O2. The molecule has 0 amide bonds. The van der Waals surface area contributed by atoms with Crippen LogP contribution in [0.2, 0.25) is 0 Å². The first-order valence-electron chi connectivity index (χ1n) is 4.18. The zero-order chi connectivity index (χ0) is 7.84. The molecule has 0 aromatic rings. The van der Waals surface area contributed by atoms with Crippen LogP contribution in [0.15, 0.2) is 12.2 Å². The van der Waals surface area contributed by atoms with Crippen molar-refractivity contribution < 1.29 is 9.90 Å². The Labute approximate surface area is 65.9 Å². The molecule has 2 rings (SSSR count). The van der Waals surface area contributed by atoms with Gasteiger partial charge < -0.3 is 5.11 Å². The molecule has 11 heavy (non-hydrogen) atoms. The van der Waals surface area contributed by atoms with E-state index in [0.717, 1.165) is 12.8 Å². The van der Waals surface area contributed by atoms with E-state index in [-0.39, 0.29) is 5.92 Å². The van der Waals surface area contributed by atoms with Crippen molar-refractivity contribution in [2.75, 3.05) is 0 Å². The minimum Gasteiger partial charge on any atom is -0.481 e. The predicted molar refractivity (Wildman–Crippen MR) is 41.1 cm³/mol. The highest BCUT2D eigenvalue weighted by atomic mass is 16.4. The number of carboxylic acids is 1. The van der Waals surface area contributed by atoms with Crippen LogP contribution in [0.5, 0.6) is 0 Å². The Morgan fingerprint density at radius 1 is 1.45 bits per heavy atom. The Balaban J connectivity index is 2.14. The third-order valence-corrected chi connectivity index (χ3v) is 3.00. The summed E-state index contributed by atoms with van der Waals surface area (Å²) in [5.41, 5.74) is 0. The predicted octanol–water partition coefficient (Wildman–Crippen LogP) is 1.67. The number of rotatable bonds is 1. The van der Waals surface area contributed by atoms with Crippen molar-refractivity contribution in [1.82, 2.24) is 0 Å². The van der Waals surface area contributed by atoms with Crippen LogP contribution in [0.1, 0.15) is 19.3 Å². The lowest BCUT2D eigenvalue weighted by molar-refractivity contribution is -0.144. The van der Waals surface area contributed by atoms with E-state index in [1.54, 1.807) is 0 Å². The topological polar surface area (TPSA) is 37.3 Å². The summed E-state index contributed by atoms with van der Waals surface area (Å²) in [6.07, 6.45) is 7.35. The molecule has 0 aliphatic heterocycles. The fraction of sp³-hybridized carbons (Fsp3) is 0.667. The van der Waals surface area contributed by atoms with E-state index in [1.807, 2.05) is 12.2 Å². The Morgan fingerprint density at radius 3 is 2.73 bits per heavy atom. The number of fused-ring (bicyclic) bond motifs is 1. The number of carboxylic acid groups (broad SMARTS) is 1. The maximum atomic E-state index is 10.7. The highest BCUT2D eigenvalue weighted by Gasteiger charge is 2.40. The van der Waals surface area contributed by atoms with Gasteiger partial charge >= 0.3 is 5.97 Å². The third kappa shape index (κ3) is 0.971. The van der Waals surface area contributed by atoms with Crippen LogP contribution in [-0.4, -0.2) is 11.1 Å². The summed E-state index contributed by atoms with van der Waals surface area (Å²) in [4.78, 5) is 10.7. The first-order valence-corrected chi connectivity index (χ1v) is 4.18. The number of hydrogen-bond donors (Lipinski definition) is 1. The maximum absolute atomic E-state index is 10.7. The summed E-state index contributed by atoms with van der Waals surface area (Å²) in [6, 6.07) is 0. The number of aliphatic carboxylic acids is 1. The van der Waals surface area contributed by atoms with Gasteiger partial charge in [0.1, 0.15) is 0 Å². The minimum absolute atomic E-state index is 0.178. The molecule has 0 radical (unpaired) electrons. The van der Waals surface area contributed by atoms with Crippen LogP contribution in [0.3, 0.4) is 0 Å². The fourth-order valence-corrected chi connectivity index (χ4v) is 2.17. The van der Waals surface area contributed by atoms with Crippen molar-refractivity contribution in [2.24, 2.45) is 17.8 Å². The van der Waals surface area contributed by atoms with Crippen LogP contribution in [0.4, 0.5) is 0 Å². The lowest BCUT2D eigenvalue weighted by atomic mass is 9.63. The van der Waals surface area contributed by atoms with Gasteiger partial charge in [-0.15, -0.1) is 0 Å². The van der Waals surface area contributed by atoms with Crippen LogP contribution in [0, 0.1) is 17.8 Å². The van der Waals surface area contributed by atoms with Crippen molar-refractivity contribution in [3.63, 3.8) is 0 Å². The van der Waals surface area contributed by atoms with Gasteiger partial charge in [-0.3, -0.25) is 4.79 Å². The van der Waals surface area contributed by atoms with Crippen LogP contribution >= 0.6 is 0 Å². The van der Waals surface area contributed by atoms with Gasteiger partial charge in [-0.2, -0.15) is 0 Å². The van der Waals surface area contributed by atoms with E-state index in [2.05, 4.69) is 0 Å². The van der Waals surface area contributed by atoms with Gasteiger partial charge in [-0.05, 0) is 31.1 Å². The largest absolute Gasteiger partial charge is 0.481 e. The van der Waals surface area contributed by atoms with E-state index in [4.69, 9.17) is 5.11 Å². The summed E-state index contributed by atoms with van der Waals surface area (Å²) in [6.45, 7) is 0. The molecule has 3 unspecified atom stereocenters. The lowest BCUT2D eigenvalue weighted by Gasteiger charge is -2.41. The highest BCUT2D eigenvalue weighted by molar-refractivity contribution is 5.73. The highest BCUT2D eigenvalue weighted by Crippen LogP contribution is 2.45. The smallest absolute Gasteiger partial charge is 0.310 e. The Kier molecular flexibility index (Phi) is 1.48. The van der Waals surface area contributed by atoms with Gasteiger partial charge in [-0.25, -0.2) is 0 Å². The first-order chi connectivity index (χ1) is 5.29. The van der Waals surface area contributed by atoms with E-state index in [0.29, 0.717) is 11.8 Å². The quantitative estimate of drug-likeness (QED) is 0.580. The molecule has 2 heteroatoms. The molecule has 0 saturated heterocycles. The van der Waals surface area contributed by atoms with Crippen molar-refractivity contribution >= 4 is 5.97 Å². The molecule has 0 aromatic heterocycles. The standard InChI is InChI=1S/C9H12O2/c10-9(11)8-3-1-2-6-4-5-7(6)8/h1,3,6-8H,2,4-5H2,(H,10,11). The average Bonchev–Trinajstić information content (AvgIpc) is 1.90. The molecule has 1 fully saturated rings. The summed E-state index contributed by atoms with van der Waals surface area (Å²) in [7, 11) is 0. The average molecular weight is 152 g/mol. The van der Waals surface area contributed by atoms with Crippen LogP contribution in [-0.2, 0) is 4.79 Å². The van der Waals surface area contributed by atoms with Crippen molar-refractivity contribution in [1.29, 1.82) is 0 Å². The normalized spacial score (nSPS) is 40.9. The SMILES string of the molecule is O=C(O)C1C=CCC2CCC21. The zero-order valence-corrected chi connectivity index (χ0v) is 6.36. The molecule has 0 heterocycles. The molecule has 2 aliphatic carbocycles. The maximum Gasteiger partial charge on any atom is 0.310 e. The van der Waals surface area contributed by atoms with Gasteiger partial charge in [0.05, 0.1) is 5.92 Å². The molecular weight excluding hydrogens is 140 g/mol. The molecule has 2 nitrogen and oxygen atoms in total. The van der Waals surface area contributed by atoms with Crippen LogP contribution < -0.4 is 0 Å². The third-order valence-electron chi connectivity index (χ3n) is 3.00. The Morgan fingerprint density at radius 2 is 2.27 bits per heavy atom. The molecule has 1 saturated carbocycles. The molecule has 1 N–H and O–H groups in total. The summed E-state index contributed by atoms with van der Waals surface area (Å²) in [5.74, 6) is 0.316. The van der Waals surface area contributed by atoms with Crippen molar-refractivity contribution in [3.8, 4) is 0 Å². The Hall–Kier alpha value is -0.790. The molecule has 0 aromatic carbocycles. The zero-order valence-electron chi connectivity index (χ0n) is 6.36. The van der Waals surface area contributed by atoms with Gasteiger partial charge in [0, 0.05) is 0 Å². The van der Waals surface area contributed by atoms with Gasteiger partial charge in [-0.1, -0.05) is 12.2 Å². The second-order valence-electron chi connectivity index (χ2n) is 3.53. The van der Waals surface area contributed by atoms with Gasteiger partial charge in [0.2, 0.25) is 0 Å². The van der Waals surface area contributed by atoms with Crippen molar-refractivity contribution in [3.05, 3.63) is 12.2 Å². The van der Waals surface area contributed by atoms with Crippen LogP contribution in [0.25, 0.3) is 0 Å². The molecule has 2 aliphatic rings. The first kappa shape index (κ1) is 6.89. The second kappa shape index (κ2) is 2.36. The van der Waals surface area contributed by atoms with E-state index < -0.39 is 5.97 Å². The summed E-state index contributed by atoms with van der Waals surface area (Å²) in [5, 5.41) is 8.81. The summed E-state index contributed by atoms with van der Waals surface area (Å²) >= 11 is 0. The number of carbonyl (C=O) groups is 1. The van der Waals surface area contributed by atoms with E-state index in [1.165, 1.54) is 6.42 Å². The minimum atomic E-state index is -0.643. The molecule has 3 atom stereocenters. The Bertz CT molecular complexity index is 208. The molecule has 60 valence electrons. The van der Waals surface area contributed by atoms with E-state index >= 15 is 0 Å².